The Morgan fingerprint density at radius 2 is 1.46 bits per heavy atom. The van der Waals surface area contributed by atoms with E-state index >= 15 is 0 Å². The lowest BCUT2D eigenvalue weighted by molar-refractivity contribution is -0.368. The monoisotopic (exact) mass is 768 g/mol. The van der Waals surface area contributed by atoms with Crippen LogP contribution in [0.15, 0.2) is 11.6 Å². The Morgan fingerprint density at radius 1 is 0.741 bits per heavy atom. The number of aliphatic hydroxyl groups excluding tert-OH is 9. The average molecular weight is 769 g/mol. The second-order valence-corrected chi connectivity index (χ2v) is 20.2. The minimum atomic E-state index is -1.73. The maximum absolute atomic E-state index is 12.0. The Bertz CT molecular complexity index is 1410. The molecule has 19 atom stereocenters. The molecular formula is C41H68O13. The molecule has 2 aliphatic heterocycles. The first-order valence-corrected chi connectivity index (χ1v) is 20.5. The van der Waals surface area contributed by atoms with Crippen molar-refractivity contribution in [2.75, 3.05) is 26.4 Å². The molecule has 5 aliphatic carbocycles. The van der Waals surface area contributed by atoms with Crippen LogP contribution in [0.5, 0.6) is 0 Å². The van der Waals surface area contributed by atoms with E-state index in [0.29, 0.717) is 12.8 Å². The lowest BCUT2D eigenvalue weighted by Crippen LogP contribution is -2.68. The predicted octanol–water partition coefficient (Wildman–Crippen LogP) is 1.37. The third-order valence-electron chi connectivity index (χ3n) is 17.1. The van der Waals surface area contributed by atoms with Gasteiger partial charge in [-0.3, -0.25) is 0 Å². The van der Waals surface area contributed by atoms with E-state index in [-0.39, 0.29) is 59.2 Å². The van der Waals surface area contributed by atoms with Gasteiger partial charge in [0, 0.05) is 10.8 Å². The van der Waals surface area contributed by atoms with Crippen LogP contribution in [0.2, 0.25) is 0 Å². The van der Waals surface area contributed by atoms with Crippen LogP contribution in [0.3, 0.4) is 0 Å². The second kappa shape index (κ2) is 14.2. The molecule has 0 radical (unpaired) electrons. The molecule has 2 saturated heterocycles. The van der Waals surface area contributed by atoms with Crippen LogP contribution in [0.4, 0.5) is 0 Å². The van der Waals surface area contributed by atoms with Gasteiger partial charge in [0.25, 0.3) is 0 Å². The molecule has 13 nitrogen and oxygen atoms in total. The molecule has 0 aromatic rings. The van der Waals surface area contributed by atoms with Gasteiger partial charge in [-0.1, -0.05) is 53.2 Å². The SMILES string of the molecule is CC1(C)CC[C@]2(CO)[C@H](O)C[C@]3(C)C(=CC[C@@H]4[C@@]5(C)CC[C@H](O[C@@H]6OC[C@H](O)[C@H](O)[C@H]6O[C@@H]6O[C@H](CO)[C@@H](O)[C@H](O)[C@H]6O)[C@@](C)(CO)[C@@H]5CC[C@]43C)[C@@H]2C1. The van der Waals surface area contributed by atoms with Gasteiger partial charge in [-0.15, -0.1) is 0 Å². The van der Waals surface area contributed by atoms with E-state index in [0.717, 1.165) is 44.9 Å². The van der Waals surface area contributed by atoms with Crippen molar-refractivity contribution in [1.29, 1.82) is 0 Å². The van der Waals surface area contributed by atoms with E-state index in [9.17, 15) is 46.0 Å². The van der Waals surface area contributed by atoms with E-state index in [1.807, 2.05) is 0 Å². The number of aliphatic hydroxyl groups is 9. The molecule has 0 unspecified atom stereocenters. The van der Waals surface area contributed by atoms with Crippen molar-refractivity contribution in [2.45, 2.75) is 167 Å². The molecule has 0 bridgehead atoms. The summed E-state index contributed by atoms with van der Waals surface area (Å²) in [5.74, 6) is 0.436. The van der Waals surface area contributed by atoms with Crippen LogP contribution >= 0.6 is 0 Å². The van der Waals surface area contributed by atoms with Crippen molar-refractivity contribution in [3.8, 4) is 0 Å². The van der Waals surface area contributed by atoms with E-state index in [1.165, 1.54) is 5.57 Å². The largest absolute Gasteiger partial charge is 0.396 e. The smallest absolute Gasteiger partial charge is 0.187 e. The van der Waals surface area contributed by atoms with Crippen molar-refractivity contribution < 1.29 is 64.9 Å². The van der Waals surface area contributed by atoms with E-state index in [1.54, 1.807) is 0 Å². The fraction of sp³-hybridized carbons (Fsp3) is 0.951. The van der Waals surface area contributed by atoms with Gasteiger partial charge < -0.3 is 64.9 Å². The van der Waals surface area contributed by atoms with E-state index in [4.69, 9.17) is 18.9 Å². The molecule has 4 saturated carbocycles. The highest BCUT2D eigenvalue weighted by Crippen LogP contribution is 2.76. The molecule has 54 heavy (non-hydrogen) atoms. The molecule has 9 N–H and O–H groups in total. The van der Waals surface area contributed by atoms with Gasteiger partial charge in [-0.2, -0.15) is 0 Å². The molecule has 0 aromatic carbocycles. The summed E-state index contributed by atoms with van der Waals surface area (Å²) in [7, 11) is 0. The van der Waals surface area contributed by atoms with Crippen LogP contribution in [0.1, 0.15) is 99.3 Å². The highest BCUT2D eigenvalue weighted by atomic mass is 16.8. The Morgan fingerprint density at radius 3 is 2.13 bits per heavy atom. The maximum atomic E-state index is 12.0. The zero-order chi connectivity index (χ0) is 39.4. The van der Waals surface area contributed by atoms with Crippen molar-refractivity contribution in [1.82, 2.24) is 0 Å². The molecule has 7 aliphatic rings. The van der Waals surface area contributed by atoms with Crippen LogP contribution < -0.4 is 0 Å². The highest BCUT2D eigenvalue weighted by molar-refractivity contribution is 5.35. The number of hydrogen-bond acceptors (Lipinski definition) is 13. The van der Waals surface area contributed by atoms with Crippen LogP contribution in [-0.2, 0) is 18.9 Å². The van der Waals surface area contributed by atoms with Gasteiger partial charge in [0.15, 0.2) is 12.6 Å². The summed E-state index contributed by atoms with van der Waals surface area (Å²) in [6.07, 6.45) is -4.61. The number of allylic oxidation sites excluding steroid dienone is 2. The summed E-state index contributed by atoms with van der Waals surface area (Å²) >= 11 is 0. The van der Waals surface area contributed by atoms with Gasteiger partial charge in [0.2, 0.25) is 0 Å². The normalized spacial score (nSPS) is 55.8. The lowest BCUT2D eigenvalue weighted by Gasteiger charge is -2.72. The summed E-state index contributed by atoms with van der Waals surface area (Å²) in [5.41, 5.74) is -0.266. The highest BCUT2D eigenvalue weighted by Gasteiger charge is 2.70. The third kappa shape index (κ3) is 5.96. The molecule has 6 fully saturated rings. The van der Waals surface area contributed by atoms with E-state index < -0.39 is 85.0 Å². The first kappa shape index (κ1) is 41.4. The maximum Gasteiger partial charge on any atom is 0.187 e. The number of fused-ring (bicyclic) bond motifs is 7. The minimum Gasteiger partial charge on any atom is -0.396 e. The zero-order valence-electron chi connectivity index (χ0n) is 33.0. The Hall–Kier alpha value is -0.780. The van der Waals surface area contributed by atoms with Crippen LogP contribution in [0.25, 0.3) is 0 Å². The average Bonchev–Trinajstić information content (AvgIpc) is 3.12. The van der Waals surface area contributed by atoms with E-state index in [2.05, 4.69) is 47.6 Å². The summed E-state index contributed by atoms with van der Waals surface area (Å²) in [6.45, 7) is 12.8. The number of ether oxygens (including phenoxy) is 4. The van der Waals surface area contributed by atoms with Crippen molar-refractivity contribution in [2.24, 2.45) is 50.2 Å². The summed E-state index contributed by atoms with van der Waals surface area (Å²) in [6, 6.07) is 0. The standard InChI is InChI=1S/C41H68O13/c1-36(2)13-14-41(20-44)22(15-36)21-7-8-26-37(3)11-10-28(38(4,19-43)25(37)9-12-39(26,5)40(21,6)16-27(41)46)53-35-33(29(47)23(45)18-51-35)54-34-32(50)31(49)30(48)24(17-42)52-34/h7,22-35,42-50H,8-20H2,1-6H3/t22-,23-,24+,25+,26+,27+,28-,29-,30+,31-,32+,33+,34-,35-,37-,38-,39+,40+,41+/m0/s1. The molecule has 0 aromatic heterocycles. The molecule has 0 spiro atoms. The Kier molecular flexibility index (Phi) is 10.9. The summed E-state index contributed by atoms with van der Waals surface area (Å²) in [5, 5.41) is 96.9. The lowest BCUT2D eigenvalue weighted by atomic mass is 9.33. The molecule has 13 heteroatoms. The van der Waals surface area contributed by atoms with Gasteiger partial charge in [0.1, 0.15) is 42.7 Å². The van der Waals surface area contributed by atoms with Gasteiger partial charge in [-0.05, 0) is 97.2 Å². The Labute approximate surface area is 319 Å². The molecule has 0 amide bonds. The van der Waals surface area contributed by atoms with Crippen LogP contribution in [0, 0.1) is 50.2 Å². The molecular weight excluding hydrogens is 700 g/mol. The Balaban J connectivity index is 1.15. The zero-order valence-corrected chi connectivity index (χ0v) is 33.0. The second-order valence-electron chi connectivity index (χ2n) is 20.2. The topological polar surface area (TPSA) is 219 Å². The third-order valence-corrected chi connectivity index (χ3v) is 17.1. The quantitative estimate of drug-likeness (QED) is 0.132. The van der Waals surface area contributed by atoms with Crippen molar-refractivity contribution in [3.05, 3.63) is 11.6 Å². The molecule has 2 heterocycles. The number of hydrogen-bond donors (Lipinski definition) is 9. The van der Waals surface area contributed by atoms with Gasteiger partial charge in [0.05, 0.1) is 38.6 Å². The first-order valence-electron chi connectivity index (χ1n) is 20.5. The number of rotatable bonds is 7. The van der Waals surface area contributed by atoms with Crippen molar-refractivity contribution >= 4 is 0 Å². The molecule has 310 valence electrons. The fourth-order valence-corrected chi connectivity index (χ4v) is 13.5. The van der Waals surface area contributed by atoms with Crippen molar-refractivity contribution in [3.63, 3.8) is 0 Å². The minimum absolute atomic E-state index is 0.00633. The first-order chi connectivity index (χ1) is 25.3. The van der Waals surface area contributed by atoms with Crippen LogP contribution in [-0.4, -0.2) is 140 Å². The summed E-state index contributed by atoms with van der Waals surface area (Å²) in [4.78, 5) is 0. The van der Waals surface area contributed by atoms with Gasteiger partial charge in [-0.25, -0.2) is 0 Å². The summed E-state index contributed by atoms with van der Waals surface area (Å²) < 4.78 is 24.1. The predicted molar refractivity (Wildman–Crippen MR) is 194 cm³/mol. The van der Waals surface area contributed by atoms with Gasteiger partial charge >= 0.3 is 0 Å². The fourth-order valence-electron chi connectivity index (χ4n) is 13.5. The molecule has 7 rings (SSSR count).